The maximum Gasteiger partial charge on any atom is 0.255 e. The van der Waals surface area contributed by atoms with E-state index in [0.29, 0.717) is 11.5 Å². The van der Waals surface area contributed by atoms with Gasteiger partial charge in [-0.05, 0) is 44.7 Å². The molecule has 1 amide bonds. The lowest BCUT2D eigenvalue weighted by Crippen LogP contribution is -2.38. The third kappa shape index (κ3) is 3.49. The van der Waals surface area contributed by atoms with Gasteiger partial charge in [-0.15, -0.1) is 0 Å². The van der Waals surface area contributed by atoms with Gasteiger partial charge in [-0.2, -0.15) is 0 Å². The molecule has 1 fully saturated rings. The Morgan fingerprint density at radius 3 is 2.68 bits per heavy atom. The standard InChI is InChI=1S/C16H23NO2/c1-11-8-9-15(18)14(10-11)16(19)17-12(2)13-6-4-3-5-7-13/h8-10,12-13,18H,3-7H2,1-2H3,(H,17,19). The van der Waals surface area contributed by atoms with Gasteiger partial charge in [-0.1, -0.05) is 30.9 Å². The highest BCUT2D eigenvalue weighted by atomic mass is 16.3. The molecule has 1 unspecified atom stereocenters. The molecule has 3 heteroatoms. The van der Waals surface area contributed by atoms with Crippen LogP contribution in [0.2, 0.25) is 0 Å². The summed E-state index contributed by atoms with van der Waals surface area (Å²) in [5.74, 6) is 0.461. The average molecular weight is 261 g/mol. The van der Waals surface area contributed by atoms with Crippen molar-refractivity contribution in [2.75, 3.05) is 0 Å². The summed E-state index contributed by atoms with van der Waals surface area (Å²) in [7, 11) is 0. The maximum atomic E-state index is 12.2. The Morgan fingerprint density at radius 2 is 2.00 bits per heavy atom. The van der Waals surface area contributed by atoms with Crippen LogP contribution in [0.5, 0.6) is 5.75 Å². The third-order valence-corrected chi connectivity index (χ3v) is 4.11. The van der Waals surface area contributed by atoms with Crippen LogP contribution in [0.4, 0.5) is 0 Å². The molecule has 2 N–H and O–H groups in total. The summed E-state index contributed by atoms with van der Waals surface area (Å²) in [6.45, 7) is 3.99. The first kappa shape index (κ1) is 13.9. The first-order valence-corrected chi connectivity index (χ1v) is 7.18. The van der Waals surface area contributed by atoms with Crippen molar-refractivity contribution >= 4 is 5.91 Å². The smallest absolute Gasteiger partial charge is 0.255 e. The molecule has 19 heavy (non-hydrogen) atoms. The minimum atomic E-state index is -0.167. The summed E-state index contributed by atoms with van der Waals surface area (Å²) in [5, 5.41) is 12.8. The zero-order valence-electron chi connectivity index (χ0n) is 11.8. The van der Waals surface area contributed by atoms with Crippen molar-refractivity contribution in [3.05, 3.63) is 29.3 Å². The second-order valence-corrected chi connectivity index (χ2v) is 5.68. The molecule has 1 aromatic rings. The van der Waals surface area contributed by atoms with Gasteiger partial charge >= 0.3 is 0 Å². The SMILES string of the molecule is Cc1ccc(O)c(C(=O)NC(C)C2CCCCC2)c1. The van der Waals surface area contributed by atoms with Crippen molar-refractivity contribution < 1.29 is 9.90 Å². The van der Waals surface area contributed by atoms with Crippen LogP contribution in [-0.2, 0) is 0 Å². The van der Waals surface area contributed by atoms with Crippen molar-refractivity contribution in [1.29, 1.82) is 0 Å². The lowest BCUT2D eigenvalue weighted by Gasteiger charge is -2.28. The molecule has 2 rings (SSSR count). The Hall–Kier alpha value is -1.51. The largest absolute Gasteiger partial charge is 0.507 e. The van der Waals surface area contributed by atoms with E-state index in [1.54, 1.807) is 18.2 Å². The van der Waals surface area contributed by atoms with E-state index in [-0.39, 0.29) is 17.7 Å². The molecule has 104 valence electrons. The molecule has 0 bridgehead atoms. The summed E-state index contributed by atoms with van der Waals surface area (Å²) in [6.07, 6.45) is 6.24. The van der Waals surface area contributed by atoms with E-state index in [1.165, 1.54) is 32.1 Å². The molecule has 3 nitrogen and oxygen atoms in total. The van der Waals surface area contributed by atoms with Crippen LogP contribution in [0.15, 0.2) is 18.2 Å². The lowest BCUT2D eigenvalue weighted by atomic mass is 9.84. The number of benzene rings is 1. The monoisotopic (exact) mass is 261 g/mol. The molecule has 1 aromatic carbocycles. The van der Waals surface area contributed by atoms with E-state index in [0.717, 1.165) is 5.56 Å². The molecule has 1 aliphatic rings. The highest BCUT2D eigenvalue weighted by Gasteiger charge is 2.22. The van der Waals surface area contributed by atoms with Gasteiger partial charge in [0, 0.05) is 6.04 Å². The Labute approximate surface area is 115 Å². The molecular weight excluding hydrogens is 238 g/mol. The van der Waals surface area contributed by atoms with Gasteiger partial charge in [0.25, 0.3) is 5.91 Å². The number of aromatic hydroxyl groups is 1. The van der Waals surface area contributed by atoms with Crippen LogP contribution in [0, 0.1) is 12.8 Å². The van der Waals surface area contributed by atoms with Gasteiger partial charge in [0.15, 0.2) is 0 Å². The summed E-state index contributed by atoms with van der Waals surface area (Å²) < 4.78 is 0. The second kappa shape index (κ2) is 6.09. The first-order valence-electron chi connectivity index (χ1n) is 7.18. The number of aryl methyl sites for hydroxylation is 1. The number of hydrogen-bond donors (Lipinski definition) is 2. The van der Waals surface area contributed by atoms with Gasteiger partial charge in [-0.3, -0.25) is 4.79 Å². The number of amides is 1. The zero-order chi connectivity index (χ0) is 13.8. The lowest BCUT2D eigenvalue weighted by molar-refractivity contribution is 0.0916. The fourth-order valence-corrected chi connectivity index (χ4v) is 2.87. The summed E-state index contributed by atoms with van der Waals surface area (Å²) >= 11 is 0. The number of phenols is 1. The van der Waals surface area contributed by atoms with Gasteiger partial charge in [0.1, 0.15) is 5.75 Å². The third-order valence-electron chi connectivity index (χ3n) is 4.11. The summed E-state index contributed by atoms with van der Waals surface area (Å²) in [5.41, 5.74) is 1.36. The second-order valence-electron chi connectivity index (χ2n) is 5.68. The van der Waals surface area contributed by atoms with Crippen molar-refractivity contribution in [2.45, 2.75) is 52.0 Å². The van der Waals surface area contributed by atoms with Crippen molar-refractivity contribution in [3.8, 4) is 5.75 Å². The molecule has 0 aliphatic heterocycles. The Balaban J connectivity index is 2.01. The number of phenolic OH excluding ortho intramolecular Hbond substituents is 1. The zero-order valence-corrected chi connectivity index (χ0v) is 11.8. The van der Waals surface area contributed by atoms with Crippen molar-refractivity contribution in [3.63, 3.8) is 0 Å². The first-order chi connectivity index (χ1) is 9.08. The summed E-state index contributed by atoms with van der Waals surface area (Å²) in [6, 6.07) is 5.29. The topological polar surface area (TPSA) is 49.3 Å². The average Bonchev–Trinajstić information content (AvgIpc) is 2.42. The Morgan fingerprint density at radius 1 is 1.32 bits per heavy atom. The van der Waals surface area contributed by atoms with Crippen LogP contribution in [-0.4, -0.2) is 17.1 Å². The highest BCUT2D eigenvalue weighted by molar-refractivity contribution is 5.97. The van der Waals surface area contributed by atoms with Crippen LogP contribution in [0.3, 0.4) is 0 Å². The van der Waals surface area contributed by atoms with Crippen LogP contribution in [0.1, 0.15) is 54.9 Å². The van der Waals surface area contributed by atoms with Gasteiger partial charge in [0.05, 0.1) is 5.56 Å². The number of carbonyl (C=O) groups is 1. The predicted molar refractivity (Wildman–Crippen MR) is 76.3 cm³/mol. The van der Waals surface area contributed by atoms with Gasteiger partial charge in [-0.25, -0.2) is 0 Å². The summed E-state index contributed by atoms with van der Waals surface area (Å²) in [4.78, 5) is 12.2. The molecule has 1 aliphatic carbocycles. The van der Waals surface area contributed by atoms with E-state index in [1.807, 2.05) is 6.92 Å². The Kier molecular flexibility index (Phi) is 4.46. The fourth-order valence-electron chi connectivity index (χ4n) is 2.87. The molecule has 0 radical (unpaired) electrons. The van der Waals surface area contributed by atoms with Crippen LogP contribution >= 0.6 is 0 Å². The maximum absolute atomic E-state index is 12.2. The minimum absolute atomic E-state index is 0.0546. The van der Waals surface area contributed by atoms with Crippen molar-refractivity contribution in [2.24, 2.45) is 5.92 Å². The van der Waals surface area contributed by atoms with E-state index >= 15 is 0 Å². The van der Waals surface area contributed by atoms with Gasteiger partial charge in [0.2, 0.25) is 0 Å². The number of rotatable bonds is 3. The predicted octanol–water partition coefficient (Wildman–Crippen LogP) is 3.40. The van der Waals surface area contributed by atoms with E-state index in [4.69, 9.17) is 0 Å². The number of carbonyl (C=O) groups excluding carboxylic acids is 1. The van der Waals surface area contributed by atoms with E-state index in [2.05, 4.69) is 12.2 Å². The highest BCUT2D eigenvalue weighted by Crippen LogP contribution is 2.27. The van der Waals surface area contributed by atoms with E-state index < -0.39 is 0 Å². The molecule has 0 heterocycles. The minimum Gasteiger partial charge on any atom is -0.507 e. The quantitative estimate of drug-likeness (QED) is 0.876. The number of nitrogens with one attached hydrogen (secondary N) is 1. The molecular formula is C16H23NO2. The molecule has 1 atom stereocenters. The Bertz CT molecular complexity index is 450. The fraction of sp³-hybridized carbons (Fsp3) is 0.562. The number of hydrogen-bond acceptors (Lipinski definition) is 2. The van der Waals surface area contributed by atoms with E-state index in [9.17, 15) is 9.90 Å². The van der Waals surface area contributed by atoms with Crippen molar-refractivity contribution in [1.82, 2.24) is 5.32 Å². The molecule has 1 saturated carbocycles. The van der Waals surface area contributed by atoms with Crippen LogP contribution < -0.4 is 5.32 Å². The molecule has 0 aromatic heterocycles. The molecule has 0 spiro atoms. The molecule has 0 saturated heterocycles. The van der Waals surface area contributed by atoms with Crippen LogP contribution in [0.25, 0.3) is 0 Å². The normalized spacial score (nSPS) is 18.0. The van der Waals surface area contributed by atoms with Gasteiger partial charge < -0.3 is 10.4 Å².